The Labute approximate surface area is 270 Å². The maximum absolute atomic E-state index is 13.0. The van der Waals surface area contributed by atoms with E-state index in [0.29, 0.717) is 31.1 Å². The minimum atomic E-state index is -0.849. The molecule has 5 heteroatoms. The first-order chi connectivity index (χ1) is 20.3. The zero-order chi connectivity index (χ0) is 32.8. The first kappa shape index (κ1) is 36.2. The molecule has 0 aromatic rings. The van der Waals surface area contributed by atoms with Gasteiger partial charge in [-0.1, -0.05) is 73.6 Å². The van der Waals surface area contributed by atoms with Gasteiger partial charge in [-0.05, 0) is 131 Å². The smallest absolute Gasteiger partial charge is 0.306 e. The van der Waals surface area contributed by atoms with Crippen molar-refractivity contribution >= 4 is 5.97 Å². The molecule has 0 heterocycles. The molecule has 0 aromatic carbocycles. The molecule has 10 atom stereocenters. The number of hydrogen-bond acceptors (Lipinski definition) is 5. The summed E-state index contributed by atoms with van der Waals surface area (Å²) in [6.07, 6.45) is 16.3. The number of esters is 1. The molecule has 0 saturated heterocycles. The molecule has 0 bridgehead atoms. The van der Waals surface area contributed by atoms with Crippen LogP contribution in [0.25, 0.3) is 0 Å². The molecule has 4 aliphatic rings. The summed E-state index contributed by atoms with van der Waals surface area (Å²) in [6, 6.07) is 0. The maximum atomic E-state index is 13.0. The lowest BCUT2D eigenvalue weighted by atomic mass is 9.35. The Morgan fingerprint density at radius 3 is 2.09 bits per heavy atom. The standard InChI is InChI=1S/C39H70O5/c1-10-11-12-13-14-15-17-32(41)44-31-20-23-36(6)29(35(31,4)5)19-25-37(7)30(36)26-28(40)33-27(18-24-38(33,37)8)39(9,43)22-16-21-34(2,3)42/h27-31,33,40,42-43H,10-26H2,1-9H3/t27-,28+,29-,30+,31-,33-,36-,37+,38+,39+/m0/s1. The lowest BCUT2D eigenvalue weighted by Gasteiger charge is -2.70. The third-order valence-corrected chi connectivity index (χ3v) is 14.6. The van der Waals surface area contributed by atoms with Gasteiger partial charge in [-0.15, -0.1) is 0 Å². The van der Waals surface area contributed by atoms with E-state index in [1.54, 1.807) is 0 Å². The molecular formula is C39H70O5. The van der Waals surface area contributed by atoms with Crippen LogP contribution < -0.4 is 0 Å². The third kappa shape index (κ3) is 6.69. The Morgan fingerprint density at radius 2 is 1.43 bits per heavy atom. The molecule has 0 unspecified atom stereocenters. The maximum Gasteiger partial charge on any atom is 0.306 e. The number of ether oxygens (including phenoxy) is 1. The molecule has 4 rings (SSSR count). The predicted molar refractivity (Wildman–Crippen MR) is 179 cm³/mol. The van der Waals surface area contributed by atoms with Crippen LogP contribution >= 0.6 is 0 Å². The molecule has 3 N–H and O–H groups in total. The van der Waals surface area contributed by atoms with Gasteiger partial charge in [-0.3, -0.25) is 4.79 Å². The minimum absolute atomic E-state index is 0.0159. The van der Waals surface area contributed by atoms with Crippen LogP contribution in [0.5, 0.6) is 0 Å². The van der Waals surface area contributed by atoms with Crippen LogP contribution in [-0.2, 0) is 9.53 Å². The van der Waals surface area contributed by atoms with E-state index in [9.17, 15) is 20.1 Å². The van der Waals surface area contributed by atoms with Crippen molar-refractivity contribution in [1.29, 1.82) is 0 Å². The minimum Gasteiger partial charge on any atom is -0.462 e. The van der Waals surface area contributed by atoms with E-state index < -0.39 is 17.3 Å². The summed E-state index contributed by atoms with van der Waals surface area (Å²) in [4.78, 5) is 13.0. The molecule has 5 nitrogen and oxygen atoms in total. The zero-order valence-corrected chi connectivity index (χ0v) is 30.1. The highest BCUT2D eigenvalue weighted by molar-refractivity contribution is 5.69. The van der Waals surface area contributed by atoms with E-state index in [1.165, 1.54) is 25.7 Å². The molecule has 4 aliphatic carbocycles. The summed E-state index contributed by atoms with van der Waals surface area (Å²) in [5.74, 6) is 1.00. The van der Waals surface area contributed by atoms with E-state index in [4.69, 9.17) is 4.74 Å². The first-order valence-electron chi connectivity index (χ1n) is 18.7. The van der Waals surface area contributed by atoms with Crippen molar-refractivity contribution in [1.82, 2.24) is 0 Å². The summed E-state index contributed by atoms with van der Waals surface area (Å²) in [5, 5.41) is 34.1. The highest BCUT2D eigenvalue weighted by Crippen LogP contribution is 2.76. The van der Waals surface area contributed by atoms with Crippen molar-refractivity contribution in [3.8, 4) is 0 Å². The average Bonchev–Trinajstić information content (AvgIpc) is 3.29. The molecule has 0 spiro atoms. The van der Waals surface area contributed by atoms with Gasteiger partial charge in [-0.25, -0.2) is 0 Å². The molecule has 4 saturated carbocycles. The van der Waals surface area contributed by atoms with Crippen LogP contribution in [0.3, 0.4) is 0 Å². The number of rotatable bonds is 13. The molecule has 256 valence electrons. The van der Waals surface area contributed by atoms with Gasteiger partial charge in [0.2, 0.25) is 0 Å². The lowest BCUT2D eigenvalue weighted by Crippen LogP contribution is -2.66. The fourth-order valence-corrected chi connectivity index (χ4v) is 12.0. The van der Waals surface area contributed by atoms with Gasteiger partial charge in [0.1, 0.15) is 6.10 Å². The molecule has 0 radical (unpaired) electrons. The third-order valence-electron chi connectivity index (χ3n) is 14.6. The summed E-state index contributed by atoms with van der Waals surface area (Å²) < 4.78 is 6.27. The molecule has 0 aliphatic heterocycles. The number of aliphatic hydroxyl groups is 3. The van der Waals surface area contributed by atoms with Crippen LogP contribution in [0.1, 0.15) is 171 Å². The van der Waals surface area contributed by atoms with Crippen molar-refractivity contribution in [3.05, 3.63) is 0 Å². The number of carbonyl (C=O) groups excluding carboxylic acids is 1. The van der Waals surface area contributed by atoms with Gasteiger partial charge in [0.25, 0.3) is 0 Å². The second-order valence-corrected chi connectivity index (χ2v) is 18.3. The molecular weight excluding hydrogens is 548 g/mol. The van der Waals surface area contributed by atoms with Crippen LogP contribution in [0.15, 0.2) is 0 Å². The van der Waals surface area contributed by atoms with Gasteiger partial charge in [0, 0.05) is 11.8 Å². The molecule has 0 aromatic heterocycles. The normalized spacial score (nSPS) is 41.3. The van der Waals surface area contributed by atoms with E-state index in [0.717, 1.165) is 64.2 Å². The van der Waals surface area contributed by atoms with E-state index >= 15 is 0 Å². The van der Waals surface area contributed by atoms with Gasteiger partial charge in [0.05, 0.1) is 17.3 Å². The first-order valence-corrected chi connectivity index (χ1v) is 18.7. The molecule has 0 amide bonds. The Bertz CT molecular complexity index is 981. The Hall–Kier alpha value is -0.650. The van der Waals surface area contributed by atoms with Gasteiger partial charge in [0.15, 0.2) is 0 Å². The summed E-state index contributed by atoms with van der Waals surface area (Å²) in [7, 11) is 0. The van der Waals surface area contributed by atoms with Crippen molar-refractivity contribution in [2.75, 3.05) is 0 Å². The zero-order valence-electron chi connectivity index (χ0n) is 30.1. The van der Waals surface area contributed by atoms with Gasteiger partial charge in [-0.2, -0.15) is 0 Å². The predicted octanol–water partition coefficient (Wildman–Crippen LogP) is 9.00. The summed E-state index contributed by atoms with van der Waals surface area (Å²) >= 11 is 0. The Kier molecular flexibility index (Phi) is 10.8. The van der Waals surface area contributed by atoms with Crippen LogP contribution in [0.4, 0.5) is 0 Å². The Balaban J connectivity index is 1.47. The van der Waals surface area contributed by atoms with Crippen LogP contribution in [0, 0.1) is 45.3 Å². The number of unbranched alkanes of at least 4 members (excludes halogenated alkanes) is 5. The fourth-order valence-electron chi connectivity index (χ4n) is 12.0. The summed E-state index contributed by atoms with van der Waals surface area (Å²) in [5.41, 5.74) is -1.52. The quantitative estimate of drug-likeness (QED) is 0.142. The second-order valence-electron chi connectivity index (χ2n) is 18.3. The van der Waals surface area contributed by atoms with Crippen molar-refractivity contribution < 1.29 is 24.9 Å². The number of fused-ring (bicyclic) bond motifs is 5. The number of aliphatic hydroxyl groups excluding tert-OH is 1. The second kappa shape index (κ2) is 13.1. The molecule has 44 heavy (non-hydrogen) atoms. The summed E-state index contributed by atoms with van der Waals surface area (Å²) in [6.45, 7) is 20.1. The van der Waals surface area contributed by atoms with Gasteiger partial charge < -0.3 is 20.1 Å². The molecule has 4 fully saturated rings. The Morgan fingerprint density at radius 1 is 0.795 bits per heavy atom. The fraction of sp³-hybridized carbons (Fsp3) is 0.974. The van der Waals surface area contributed by atoms with Crippen molar-refractivity contribution in [3.63, 3.8) is 0 Å². The van der Waals surface area contributed by atoms with Crippen molar-refractivity contribution in [2.45, 2.75) is 195 Å². The SMILES string of the molecule is CCCCCCCCC(=O)O[C@H]1CC[C@]2(C)[C@H]3C[C@@H](O)[C@@H]4[C@@H]([C@](C)(O)CCCC(C)(C)O)CC[C@@]4(C)[C@]3(C)CC[C@H]2C1(C)C. The highest BCUT2D eigenvalue weighted by atomic mass is 16.5. The van der Waals surface area contributed by atoms with E-state index in [2.05, 4.69) is 41.5 Å². The van der Waals surface area contributed by atoms with Gasteiger partial charge >= 0.3 is 5.97 Å². The van der Waals surface area contributed by atoms with Crippen molar-refractivity contribution in [2.24, 2.45) is 45.3 Å². The monoisotopic (exact) mass is 619 g/mol. The number of hydrogen-bond donors (Lipinski definition) is 3. The van der Waals surface area contributed by atoms with Crippen LogP contribution in [0.2, 0.25) is 0 Å². The average molecular weight is 619 g/mol. The van der Waals surface area contributed by atoms with Crippen LogP contribution in [-0.4, -0.2) is 44.7 Å². The van der Waals surface area contributed by atoms with E-state index in [1.807, 2.05) is 20.8 Å². The highest BCUT2D eigenvalue weighted by Gasteiger charge is 2.71. The van der Waals surface area contributed by atoms with E-state index in [-0.39, 0.29) is 45.6 Å². The number of carbonyl (C=O) groups is 1. The lowest BCUT2D eigenvalue weighted by molar-refractivity contribution is -0.249. The topological polar surface area (TPSA) is 87.0 Å². The largest absolute Gasteiger partial charge is 0.462 e.